The molecule has 4 aromatic rings. The predicted molar refractivity (Wildman–Crippen MR) is 180 cm³/mol. The van der Waals surface area contributed by atoms with Crippen LogP contribution < -0.4 is 10.2 Å². The fraction of sp³-hybridized carbons (Fsp3) is 0.559. The van der Waals surface area contributed by atoms with E-state index in [4.69, 9.17) is 19.8 Å². The minimum Gasteiger partial charge on any atom is -0.449 e. The van der Waals surface area contributed by atoms with E-state index in [0.29, 0.717) is 24.1 Å². The van der Waals surface area contributed by atoms with Gasteiger partial charge >= 0.3 is 6.09 Å². The van der Waals surface area contributed by atoms with Crippen LogP contribution in [0.1, 0.15) is 92.7 Å². The molecule has 12 heteroatoms. The second-order valence-electron chi connectivity index (χ2n) is 14.8. The van der Waals surface area contributed by atoms with Gasteiger partial charge in [-0.2, -0.15) is 10.2 Å². The van der Waals surface area contributed by atoms with Gasteiger partial charge in [0.25, 0.3) is 0 Å². The molecule has 5 rings (SSSR count). The standard InChI is InChI=1S/C34H48N10O2/c1-22(2)43-15-14-27(41-43)30-26(34(6,7)8)17-37-31(40-30)39-24-10-12-25(13-11-24)44(32(45)46-21-33(3,4)5)29-19-35-28(18-36-29)23-16-38-42(9)20-23/h14-20,22,24-25H,10-13,21H2,1-9H3,(H,37,39,40). The van der Waals surface area contributed by atoms with Crippen molar-refractivity contribution in [3.8, 4) is 22.6 Å². The van der Waals surface area contributed by atoms with E-state index >= 15 is 0 Å². The number of rotatable bonds is 8. The summed E-state index contributed by atoms with van der Waals surface area (Å²) in [5, 5.41) is 12.6. The zero-order valence-corrected chi connectivity index (χ0v) is 28.7. The summed E-state index contributed by atoms with van der Waals surface area (Å²) in [6.07, 6.45) is 13.7. The maximum atomic E-state index is 13.5. The predicted octanol–water partition coefficient (Wildman–Crippen LogP) is 6.82. The van der Waals surface area contributed by atoms with Crippen molar-refractivity contribution in [1.82, 2.24) is 39.5 Å². The lowest BCUT2D eigenvalue weighted by Gasteiger charge is -2.36. The average Bonchev–Trinajstić information content (AvgIpc) is 3.67. The Morgan fingerprint density at radius 2 is 1.74 bits per heavy atom. The highest BCUT2D eigenvalue weighted by Crippen LogP contribution is 2.33. The van der Waals surface area contributed by atoms with Crippen LogP contribution in [0.2, 0.25) is 0 Å². The topological polar surface area (TPSA) is 129 Å². The molecule has 4 aromatic heterocycles. The van der Waals surface area contributed by atoms with Gasteiger partial charge in [-0.05, 0) is 56.4 Å². The summed E-state index contributed by atoms with van der Waals surface area (Å²) in [5.41, 5.74) is 4.00. The molecule has 0 aliphatic heterocycles. The van der Waals surface area contributed by atoms with Crippen LogP contribution in [-0.2, 0) is 17.2 Å². The van der Waals surface area contributed by atoms with Gasteiger partial charge in [-0.25, -0.2) is 19.7 Å². The first-order valence-corrected chi connectivity index (χ1v) is 16.1. The number of ether oxygens (including phenoxy) is 1. The maximum absolute atomic E-state index is 13.5. The molecule has 12 nitrogen and oxygen atoms in total. The smallest absolute Gasteiger partial charge is 0.415 e. The highest BCUT2D eigenvalue weighted by molar-refractivity contribution is 5.87. The summed E-state index contributed by atoms with van der Waals surface area (Å²) in [6, 6.07) is 2.36. The van der Waals surface area contributed by atoms with E-state index in [9.17, 15) is 4.79 Å². The molecule has 1 aliphatic carbocycles. The number of anilines is 2. The fourth-order valence-corrected chi connectivity index (χ4v) is 5.53. The number of aryl methyl sites for hydroxylation is 1. The summed E-state index contributed by atoms with van der Waals surface area (Å²) in [6.45, 7) is 17.2. The fourth-order valence-electron chi connectivity index (χ4n) is 5.53. The van der Waals surface area contributed by atoms with E-state index in [1.807, 2.05) is 57.2 Å². The van der Waals surface area contributed by atoms with Crippen LogP contribution in [0.4, 0.5) is 16.6 Å². The summed E-state index contributed by atoms with van der Waals surface area (Å²) >= 11 is 0. The van der Waals surface area contributed by atoms with Crippen LogP contribution >= 0.6 is 0 Å². The Morgan fingerprint density at radius 1 is 1.00 bits per heavy atom. The van der Waals surface area contributed by atoms with Crippen LogP contribution in [0.15, 0.2) is 43.2 Å². The molecule has 0 unspecified atom stereocenters. The number of nitrogens with one attached hydrogen (secondary N) is 1. The average molecular weight is 629 g/mol. The van der Waals surface area contributed by atoms with Crippen molar-refractivity contribution >= 4 is 17.9 Å². The van der Waals surface area contributed by atoms with Gasteiger partial charge in [0.1, 0.15) is 5.69 Å². The van der Waals surface area contributed by atoms with E-state index in [-0.39, 0.29) is 29.0 Å². The Hall–Kier alpha value is -4.35. The summed E-state index contributed by atoms with van der Waals surface area (Å²) in [5.74, 6) is 1.07. The molecule has 0 bridgehead atoms. The molecule has 4 heterocycles. The first-order chi connectivity index (χ1) is 21.7. The number of carbonyl (C=O) groups is 1. The van der Waals surface area contributed by atoms with Gasteiger partial charge in [0.15, 0.2) is 5.82 Å². The highest BCUT2D eigenvalue weighted by Gasteiger charge is 2.33. The van der Waals surface area contributed by atoms with Gasteiger partial charge in [0.05, 0.1) is 36.6 Å². The summed E-state index contributed by atoms with van der Waals surface area (Å²) < 4.78 is 9.46. The van der Waals surface area contributed by atoms with Gasteiger partial charge in [-0.1, -0.05) is 41.5 Å². The van der Waals surface area contributed by atoms with Crippen molar-refractivity contribution in [1.29, 1.82) is 0 Å². The molecular weight excluding hydrogens is 580 g/mol. The third-order valence-electron chi connectivity index (χ3n) is 8.08. The molecular formula is C34H48N10O2. The molecule has 1 fully saturated rings. The van der Waals surface area contributed by atoms with Crippen molar-refractivity contribution in [3.63, 3.8) is 0 Å². The zero-order valence-electron chi connectivity index (χ0n) is 28.7. The lowest BCUT2D eigenvalue weighted by atomic mass is 9.86. The first kappa shape index (κ1) is 33.0. The monoisotopic (exact) mass is 628 g/mol. The van der Waals surface area contributed by atoms with Crippen molar-refractivity contribution in [2.45, 2.75) is 105 Å². The quantitative estimate of drug-likeness (QED) is 0.223. The first-order valence-electron chi connectivity index (χ1n) is 16.1. The molecule has 0 saturated heterocycles. The van der Waals surface area contributed by atoms with Gasteiger partial charge in [0, 0.05) is 54.9 Å². The summed E-state index contributed by atoms with van der Waals surface area (Å²) in [7, 11) is 1.86. The SMILES string of the molecule is CC(C)n1ccc(-c2nc(NC3CCC(N(C(=O)OCC(C)(C)C)c4cnc(-c5cnn(C)c5)cn4)CC3)ncc2C(C)(C)C)n1. The van der Waals surface area contributed by atoms with E-state index in [1.165, 1.54) is 0 Å². The number of amides is 1. The molecule has 1 aliphatic rings. The molecule has 1 saturated carbocycles. The Labute approximate surface area is 272 Å². The van der Waals surface area contributed by atoms with Crippen LogP contribution in [0.3, 0.4) is 0 Å². The third kappa shape index (κ3) is 7.89. The van der Waals surface area contributed by atoms with Crippen molar-refractivity contribution in [3.05, 3.63) is 48.8 Å². The second-order valence-corrected chi connectivity index (χ2v) is 14.8. The van der Waals surface area contributed by atoms with Crippen molar-refractivity contribution < 1.29 is 9.53 Å². The molecule has 1 amide bonds. The molecule has 1 N–H and O–H groups in total. The Morgan fingerprint density at radius 3 is 2.30 bits per heavy atom. The number of hydrogen-bond acceptors (Lipinski definition) is 9. The van der Waals surface area contributed by atoms with Gasteiger partial charge < -0.3 is 10.1 Å². The van der Waals surface area contributed by atoms with Crippen LogP contribution in [-0.4, -0.2) is 64.3 Å². The molecule has 46 heavy (non-hydrogen) atoms. The lowest BCUT2D eigenvalue weighted by molar-refractivity contribution is 0.109. The van der Waals surface area contributed by atoms with Gasteiger partial charge in [-0.15, -0.1) is 0 Å². The molecule has 0 spiro atoms. The number of carbonyl (C=O) groups excluding carboxylic acids is 1. The number of nitrogens with zero attached hydrogens (tertiary/aromatic N) is 9. The summed E-state index contributed by atoms with van der Waals surface area (Å²) in [4.78, 5) is 34.2. The van der Waals surface area contributed by atoms with Gasteiger partial charge in [-0.3, -0.25) is 19.2 Å². The minimum atomic E-state index is -0.402. The lowest BCUT2D eigenvalue weighted by Crippen LogP contribution is -2.45. The zero-order chi connectivity index (χ0) is 33.2. The Balaban J connectivity index is 1.32. The van der Waals surface area contributed by atoms with E-state index in [2.05, 4.69) is 55.0 Å². The van der Waals surface area contributed by atoms with E-state index in [1.54, 1.807) is 28.2 Å². The normalized spacial score (nSPS) is 17.3. The Bertz CT molecular complexity index is 1620. The second kappa shape index (κ2) is 13.2. The number of hydrogen-bond donors (Lipinski definition) is 1. The van der Waals surface area contributed by atoms with Gasteiger partial charge in [0.2, 0.25) is 5.95 Å². The maximum Gasteiger partial charge on any atom is 0.415 e. The molecule has 0 atom stereocenters. The largest absolute Gasteiger partial charge is 0.449 e. The van der Waals surface area contributed by atoms with Crippen LogP contribution in [0, 0.1) is 5.41 Å². The third-order valence-corrected chi connectivity index (χ3v) is 8.08. The van der Waals surface area contributed by atoms with Crippen LogP contribution in [0.25, 0.3) is 22.6 Å². The molecule has 0 radical (unpaired) electrons. The molecule has 0 aromatic carbocycles. The number of aromatic nitrogens is 8. The minimum absolute atomic E-state index is 0.0798. The highest BCUT2D eigenvalue weighted by atomic mass is 16.6. The van der Waals surface area contributed by atoms with E-state index < -0.39 is 6.09 Å². The van der Waals surface area contributed by atoms with Crippen molar-refractivity contribution in [2.24, 2.45) is 12.5 Å². The van der Waals surface area contributed by atoms with Crippen molar-refractivity contribution in [2.75, 3.05) is 16.8 Å². The molecule has 246 valence electrons. The Kier molecular flexibility index (Phi) is 9.46. The van der Waals surface area contributed by atoms with E-state index in [0.717, 1.165) is 48.2 Å². The van der Waals surface area contributed by atoms with Crippen LogP contribution in [0.5, 0.6) is 0 Å².